The third kappa shape index (κ3) is 3.91. The van der Waals surface area contributed by atoms with E-state index in [4.69, 9.17) is 4.98 Å². The Balaban J connectivity index is 1.58. The zero-order valence-electron chi connectivity index (χ0n) is 15.1. The minimum atomic E-state index is 0.286. The highest BCUT2D eigenvalue weighted by molar-refractivity contribution is 7.15. The standard InChI is InChI=1S/C18H23N7S/c1-12-10-21-18(26-12)24-16-9-14(22-13(2)23-16)15-5-3-4-8-25(15)11-17-19-6-7-20-17/h6-7,9-10,15H,3-5,8,11H2,1-2H3,(H,19,20)(H,21,22,23,24). The van der Waals surface area contributed by atoms with E-state index in [2.05, 4.69) is 36.2 Å². The number of aromatic amines is 1. The topological polar surface area (TPSA) is 82.6 Å². The van der Waals surface area contributed by atoms with Gasteiger partial charge in [0.25, 0.3) is 0 Å². The Bertz CT molecular complexity index is 858. The Kier molecular flexibility index (Phi) is 4.94. The van der Waals surface area contributed by atoms with Gasteiger partial charge in [0.15, 0.2) is 5.13 Å². The Labute approximate surface area is 156 Å². The average Bonchev–Trinajstić information content (AvgIpc) is 3.27. The normalized spacial score (nSPS) is 18.2. The first-order valence-electron chi connectivity index (χ1n) is 8.95. The second-order valence-corrected chi connectivity index (χ2v) is 7.88. The molecule has 8 heteroatoms. The summed E-state index contributed by atoms with van der Waals surface area (Å²) in [5.74, 6) is 2.59. The summed E-state index contributed by atoms with van der Waals surface area (Å²) in [5, 5.41) is 4.19. The lowest BCUT2D eigenvalue weighted by Gasteiger charge is -2.34. The molecule has 0 saturated carbocycles. The number of hydrogen-bond donors (Lipinski definition) is 2. The number of aromatic nitrogens is 5. The van der Waals surface area contributed by atoms with Crippen LogP contribution in [0.2, 0.25) is 0 Å². The lowest BCUT2D eigenvalue weighted by Crippen LogP contribution is -2.34. The van der Waals surface area contributed by atoms with Crippen LogP contribution < -0.4 is 5.32 Å². The first-order chi connectivity index (χ1) is 12.7. The number of nitrogens with zero attached hydrogens (tertiary/aromatic N) is 5. The quantitative estimate of drug-likeness (QED) is 0.713. The van der Waals surface area contributed by atoms with Crippen LogP contribution in [0.25, 0.3) is 0 Å². The second kappa shape index (κ2) is 7.51. The largest absolute Gasteiger partial charge is 0.348 e. The van der Waals surface area contributed by atoms with Crippen molar-refractivity contribution in [2.75, 3.05) is 11.9 Å². The molecule has 0 aromatic carbocycles. The number of piperidine rings is 1. The van der Waals surface area contributed by atoms with Gasteiger partial charge in [-0.1, -0.05) is 6.42 Å². The van der Waals surface area contributed by atoms with Crippen molar-refractivity contribution >= 4 is 22.3 Å². The molecule has 0 amide bonds. The lowest BCUT2D eigenvalue weighted by atomic mass is 9.99. The third-order valence-corrected chi connectivity index (χ3v) is 5.41. The van der Waals surface area contributed by atoms with Gasteiger partial charge < -0.3 is 10.3 Å². The molecule has 4 heterocycles. The number of imidazole rings is 1. The van der Waals surface area contributed by atoms with Gasteiger partial charge in [-0.15, -0.1) is 11.3 Å². The van der Waals surface area contributed by atoms with Crippen molar-refractivity contribution in [1.29, 1.82) is 0 Å². The summed E-state index contributed by atoms with van der Waals surface area (Å²) in [4.78, 5) is 24.9. The van der Waals surface area contributed by atoms with Crippen LogP contribution in [0.1, 0.15) is 47.5 Å². The number of thiazole rings is 1. The second-order valence-electron chi connectivity index (χ2n) is 6.64. The fraction of sp³-hybridized carbons (Fsp3) is 0.444. The van der Waals surface area contributed by atoms with E-state index in [-0.39, 0.29) is 6.04 Å². The van der Waals surface area contributed by atoms with Gasteiger partial charge in [-0.05, 0) is 33.2 Å². The fourth-order valence-corrected chi connectivity index (χ4v) is 4.11. The summed E-state index contributed by atoms with van der Waals surface area (Å²) >= 11 is 1.63. The molecule has 3 aromatic heterocycles. The van der Waals surface area contributed by atoms with Crippen LogP contribution in [0, 0.1) is 13.8 Å². The summed E-state index contributed by atoms with van der Waals surface area (Å²) in [7, 11) is 0. The fourth-order valence-electron chi connectivity index (χ4n) is 3.44. The summed E-state index contributed by atoms with van der Waals surface area (Å²) in [5.41, 5.74) is 1.07. The van der Waals surface area contributed by atoms with Crippen LogP contribution in [-0.4, -0.2) is 36.4 Å². The summed E-state index contributed by atoms with van der Waals surface area (Å²) in [6.07, 6.45) is 9.09. The van der Waals surface area contributed by atoms with Crippen LogP contribution in [-0.2, 0) is 6.54 Å². The maximum absolute atomic E-state index is 4.74. The van der Waals surface area contributed by atoms with Crippen molar-refractivity contribution in [3.05, 3.63) is 46.9 Å². The highest BCUT2D eigenvalue weighted by Crippen LogP contribution is 2.32. The molecule has 0 radical (unpaired) electrons. The van der Waals surface area contributed by atoms with Gasteiger partial charge in [0.1, 0.15) is 17.5 Å². The molecule has 4 rings (SSSR count). The van der Waals surface area contributed by atoms with E-state index in [1.807, 2.05) is 26.2 Å². The maximum Gasteiger partial charge on any atom is 0.188 e. The zero-order valence-corrected chi connectivity index (χ0v) is 15.9. The van der Waals surface area contributed by atoms with Crippen molar-refractivity contribution in [2.45, 2.75) is 45.7 Å². The third-order valence-electron chi connectivity index (χ3n) is 4.58. The molecule has 7 nitrogen and oxygen atoms in total. The van der Waals surface area contributed by atoms with Gasteiger partial charge in [0.05, 0.1) is 18.3 Å². The molecule has 1 unspecified atom stereocenters. The summed E-state index contributed by atoms with van der Waals surface area (Å²) in [6, 6.07) is 2.35. The molecule has 0 aliphatic carbocycles. The average molecular weight is 369 g/mol. The Morgan fingerprint density at radius 2 is 2.19 bits per heavy atom. The first kappa shape index (κ1) is 17.1. The van der Waals surface area contributed by atoms with Crippen molar-refractivity contribution in [1.82, 2.24) is 29.8 Å². The van der Waals surface area contributed by atoms with E-state index in [0.29, 0.717) is 0 Å². The lowest BCUT2D eigenvalue weighted by molar-refractivity contribution is 0.134. The van der Waals surface area contributed by atoms with Crippen molar-refractivity contribution in [3.63, 3.8) is 0 Å². The van der Waals surface area contributed by atoms with E-state index in [1.54, 1.807) is 17.5 Å². The minimum absolute atomic E-state index is 0.286. The zero-order chi connectivity index (χ0) is 17.9. The van der Waals surface area contributed by atoms with Gasteiger partial charge in [0.2, 0.25) is 0 Å². The van der Waals surface area contributed by atoms with Gasteiger partial charge in [-0.25, -0.2) is 19.9 Å². The van der Waals surface area contributed by atoms with Crippen LogP contribution in [0.15, 0.2) is 24.7 Å². The monoisotopic (exact) mass is 369 g/mol. The number of hydrogen-bond acceptors (Lipinski definition) is 7. The molecule has 3 aromatic rings. The van der Waals surface area contributed by atoms with E-state index < -0.39 is 0 Å². The van der Waals surface area contributed by atoms with E-state index in [9.17, 15) is 0 Å². The Hall–Kier alpha value is -2.32. The number of nitrogens with one attached hydrogen (secondary N) is 2. The molecule has 26 heavy (non-hydrogen) atoms. The predicted molar refractivity (Wildman–Crippen MR) is 102 cm³/mol. The minimum Gasteiger partial charge on any atom is -0.348 e. The molecular formula is C18H23N7S. The summed E-state index contributed by atoms with van der Waals surface area (Å²) in [6.45, 7) is 5.87. The highest BCUT2D eigenvalue weighted by Gasteiger charge is 2.26. The molecule has 1 aliphatic rings. The molecule has 0 spiro atoms. The molecule has 0 bridgehead atoms. The number of aryl methyl sites for hydroxylation is 2. The number of likely N-dealkylation sites (tertiary alicyclic amines) is 1. The van der Waals surface area contributed by atoms with E-state index in [0.717, 1.165) is 47.8 Å². The molecule has 1 aliphatic heterocycles. The van der Waals surface area contributed by atoms with Crippen LogP contribution in [0.5, 0.6) is 0 Å². The van der Waals surface area contributed by atoms with Gasteiger partial charge >= 0.3 is 0 Å². The smallest absolute Gasteiger partial charge is 0.188 e. The maximum atomic E-state index is 4.74. The van der Waals surface area contributed by atoms with Gasteiger partial charge in [-0.2, -0.15) is 0 Å². The SMILES string of the molecule is Cc1nc(Nc2ncc(C)s2)cc(C2CCCCN2Cc2ncc[nH]2)n1. The van der Waals surface area contributed by atoms with Crippen LogP contribution >= 0.6 is 11.3 Å². The number of rotatable bonds is 5. The predicted octanol–water partition coefficient (Wildman–Crippen LogP) is 3.74. The molecular weight excluding hydrogens is 346 g/mol. The molecule has 1 atom stereocenters. The molecule has 1 saturated heterocycles. The Morgan fingerprint density at radius 1 is 1.27 bits per heavy atom. The first-order valence-corrected chi connectivity index (χ1v) is 9.76. The number of H-pyrrole nitrogens is 1. The van der Waals surface area contributed by atoms with E-state index in [1.165, 1.54) is 17.7 Å². The highest BCUT2D eigenvalue weighted by atomic mass is 32.1. The van der Waals surface area contributed by atoms with Crippen LogP contribution in [0.3, 0.4) is 0 Å². The van der Waals surface area contributed by atoms with Crippen molar-refractivity contribution < 1.29 is 0 Å². The molecule has 136 valence electrons. The Morgan fingerprint density at radius 3 is 2.96 bits per heavy atom. The molecule has 1 fully saturated rings. The number of anilines is 2. The van der Waals surface area contributed by atoms with Crippen molar-refractivity contribution in [3.8, 4) is 0 Å². The summed E-state index contributed by atoms with van der Waals surface area (Å²) < 4.78 is 0. The van der Waals surface area contributed by atoms with Gasteiger partial charge in [0, 0.05) is 29.5 Å². The van der Waals surface area contributed by atoms with E-state index >= 15 is 0 Å². The molecule has 2 N–H and O–H groups in total. The van der Waals surface area contributed by atoms with Gasteiger partial charge in [-0.3, -0.25) is 4.90 Å². The van der Waals surface area contributed by atoms with Crippen LogP contribution in [0.4, 0.5) is 10.9 Å². The van der Waals surface area contributed by atoms with Crippen molar-refractivity contribution in [2.24, 2.45) is 0 Å².